The smallest absolute Gasteiger partial charge is 0.0784 e. The standard InChI is InChI=1S/C21H17N/c1-3-10-18(11-4-1)22(19-12-5-2-6-13-19)21-16-15-17-9-7-8-14-20(17)21/h1-16,21H. The van der Waals surface area contributed by atoms with Crippen LogP contribution in [0, 0.1) is 0 Å². The Kier molecular flexibility index (Phi) is 3.24. The molecule has 0 bridgehead atoms. The lowest BCUT2D eigenvalue weighted by molar-refractivity contribution is 0.866. The van der Waals surface area contributed by atoms with E-state index >= 15 is 0 Å². The topological polar surface area (TPSA) is 3.24 Å². The molecule has 0 amide bonds. The van der Waals surface area contributed by atoms with Gasteiger partial charge in [-0.1, -0.05) is 72.8 Å². The van der Waals surface area contributed by atoms with Crippen LogP contribution in [0.25, 0.3) is 6.08 Å². The zero-order valence-electron chi connectivity index (χ0n) is 12.3. The highest BCUT2D eigenvalue weighted by molar-refractivity contribution is 5.72. The van der Waals surface area contributed by atoms with Crippen LogP contribution in [0.2, 0.25) is 0 Å². The molecule has 1 unspecified atom stereocenters. The molecule has 22 heavy (non-hydrogen) atoms. The molecule has 0 aliphatic heterocycles. The first kappa shape index (κ1) is 12.9. The molecule has 0 radical (unpaired) electrons. The van der Waals surface area contributed by atoms with Gasteiger partial charge in [0.1, 0.15) is 0 Å². The minimum atomic E-state index is 0.237. The van der Waals surface area contributed by atoms with Crippen LogP contribution >= 0.6 is 0 Å². The van der Waals surface area contributed by atoms with Crippen LogP contribution in [-0.4, -0.2) is 0 Å². The first-order valence-corrected chi connectivity index (χ1v) is 7.60. The van der Waals surface area contributed by atoms with Crippen LogP contribution in [0.5, 0.6) is 0 Å². The van der Waals surface area contributed by atoms with Gasteiger partial charge >= 0.3 is 0 Å². The molecule has 1 nitrogen and oxygen atoms in total. The summed E-state index contributed by atoms with van der Waals surface area (Å²) in [6.07, 6.45) is 4.50. The van der Waals surface area contributed by atoms with Gasteiger partial charge in [-0.3, -0.25) is 0 Å². The van der Waals surface area contributed by atoms with E-state index in [2.05, 4.69) is 102 Å². The molecule has 0 fully saturated rings. The molecule has 0 heterocycles. The predicted octanol–water partition coefficient (Wildman–Crippen LogP) is 5.59. The van der Waals surface area contributed by atoms with Crippen molar-refractivity contribution in [2.75, 3.05) is 4.90 Å². The Morgan fingerprint density at radius 3 is 1.77 bits per heavy atom. The maximum Gasteiger partial charge on any atom is 0.0784 e. The summed E-state index contributed by atoms with van der Waals surface area (Å²) in [6.45, 7) is 0. The average molecular weight is 283 g/mol. The van der Waals surface area contributed by atoms with E-state index in [0.717, 1.165) is 0 Å². The summed E-state index contributed by atoms with van der Waals surface area (Å²) in [5.41, 5.74) is 5.08. The first-order valence-electron chi connectivity index (χ1n) is 7.60. The third kappa shape index (κ3) is 2.21. The van der Waals surface area contributed by atoms with Gasteiger partial charge < -0.3 is 4.90 Å². The van der Waals surface area contributed by atoms with Crippen molar-refractivity contribution in [3.63, 3.8) is 0 Å². The molecule has 0 N–H and O–H groups in total. The lowest BCUT2D eigenvalue weighted by atomic mass is 10.0. The van der Waals surface area contributed by atoms with Crippen LogP contribution < -0.4 is 4.90 Å². The lowest BCUT2D eigenvalue weighted by Gasteiger charge is -2.31. The number of anilines is 2. The minimum absolute atomic E-state index is 0.237. The second-order valence-electron chi connectivity index (χ2n) is 5.47. The molecule has 0 aromatic heterocycles. The fraction of sp³-hybridized carbons (Fsp3) is 0.0476. The molecule has 0 saturated carbocycles. The molecular formula is C21H17N. The van der Waals surface area contributed by atoms with Crippen molar-refractivity contribution < 1.29 is 0 Å². The molecule has 0 saturated heterocycles. The average Bonchev–Trinajstić information content (AvgIpc) is 3.01. The highest BCUT2D eigenvalue weighted by Crippen LogP contribution is 2.40. The van der Waals surface area contributed by atoms with Gasteiger partial charge in [0.05, 0.1) is 6.04 Å². The molecule has 1 aliphatic carbocycles. The normalized spacial score (nSPS) is 15.5. The van der Waals surface area contributed by atoms with E-state index in [4.69, 9.17) is 0 Å². The number of hydrogen-bond acceptors (Lipinski definition) is 1. The highest BCUT2D eigenvalue weighted by Gasteiger charge is 2.24. The molecule has 1 heteroatoms. The van der Waals surface area contributed by atoms with Gasteiger partial charge in [-0.05, 0) is 35.4 Å². The van der Waals surface area contributed by atoms with E-state index in [1.165, 1.54) is 22.5 Å². The quantitative estimate of drug-likeness (QED) is 0.605. The summed E-state index contributed by atoms with van der Waals surface area (Å²) in [4.78, 5) is 2.39. The number of rotatable bonds is 3. The van der Waals surface area contributed by atoms with Gasteiger partial charge in [0, 0.05) is 11.4 Å². The molecular weight excluding hydrogens is 266 g/mol. The highest BCUT2D eigenvalue weighted by atomic mass is 15.2. The Morgan fingerprint density at radius 2 is 1.14 bits per heavy atom. The van der Waals surface area contributed by atoms with E-state index in [0.29, 0.717) is 0 Å². The van der Waals surface area contributed by atoms with Crippen molar-refractivity contribution in [2.45, 2.75) is 6.04 Å². The van der Waals surface area contributed by atoms with Crippen molar-refractivity contribution >= 4 is 17.5 Å². The van der Waals surface area contributed by atoms with Crippen LogP contribution in [0.15, 0.2) is 91.0 Å². The van der Waals surface area contributed by atoms with Crippen molar-refractivity contribution in [2.24, 2.45) is 0 Å². The number of nitrogens with zero attached hydrogens (tertiary/aromatic N) is 1. The third-order valence-corrected chi connectivity index (χ3v) is 4.12. The lowest BCUT2D eigenvalue weighted by Crippen LogP contribution is -2.21. The second kappa shape index (κ2) is 5.53. The molecule has 4 rings (SSSR count). The Morgan fingerprint density at radius 1 is 0.591 bits per heavy atom. The van der Waals surface area contributed by atoms with E-state index in [1.807, 2.05) is 0 Å². The Labute approximate surface area is 131 Å². The van der Waals surface area contributed by atoms with Gasteiger partial charge in [0.2, 0.25) is 0 Å². The van der Waals surface area contributed by atoms with E-state index < -0.39 is 0 Å². The fourth-order valence-electron chi connectivity index (χ4n) is 3.10. The van der Waals surface area contributed by atoms with Crippen molar-refractivity contribution in [1.82, 2.24) is 0 Å². The third-order valence-electron chi connectivity index (χ3n) is 4.12. The number of benzene rings is 3. The summed E-state index contributed by atoms with van der Waals surface area (Å²) < 4.78 is 0. The van der Waals surface area contributed by atoms with Crippen LogP contribution in [0.1, 0.15) is 17.2 Å². The SMILES string of the molecule is C1=CC(N(c2ccccc2)c2ccccc2)c2ccccc21. The number of para-hydroxylation sites is 2. The molecule has 0 spiro atoms. The molecule has 3 aromatic carbocycles. The largest absolute Gasteiger partial charge is 0.330 e. The number of fused-ring (bicyclic) bond motifs is 1. The zero-order valence-corrected chi connectivity index (χ0v) is 12.3. The van der Waals surface area contributed by atoms with Gasteiger partial charge in [-0.25, -0.2) is 0 Å². The van der Waals surface area contributed by atoms with Crippen LogP contribution in [-0.2, 0) is 0 Å². The van der Waals surface area contributed by atoms with Crippen molar-refractivity contribution in [1.29, 1.82) is 0 Å². The maximum absolute atomic E-state index is 2.39. The van der Waals surface area contributed by atoms with Crippen LogP contribution in [0.3, 0.4) is 0 Å². The second-order valence-corrected chi connectivity index (χ2v) is 5.47. The summed E-state index contributed by atoms with van der Waals surface area (Å²) in [5, 5.41) is 0. The summed E-state index contributed by atoms with van der Waals surface area (Å²) in [5.74, 6) is 0. The summed E-state index contributed by atoms with van der Waals surface area (Å²) in [7, 11) is 0. The van der Waals surface area contributed by atoms with Crippen molar-refractivity contribution in [3.05, 3.63) is 102 Å². The van der Waals surface area contributed by atoms with Gasteiger partial charge in [-0.2, -0.15) is 0 Å². The van der Waals surface area contributed by atoms with E-state index in [1.54, 1.807) is 0 Å². The molecule has 1 aliphatic rings. The molecule has 106 valence electrons. The Balaban J connectivity index is 1.85. The zero-order chi connectivity index (χ0) is 14.8. The molecule has 1 atom stereocenters. The summed E-state index contributed by atoms with van der Waals surface area (Å²) in [6, 6.07) is 30.0. The van der Waals surface area contributed by atoms with Crippen LogP contribution in [0.4, 0.5) is 11.4 Å². The molecule has 3 aromatic rings. The summed E-state index contributed by atoms with van der Waals surface area (Å²) >= 11 is 0. The van der Waals surface area contributed by atoms with E-state index in [9.17, 15) is 0 Å². The van der Waals surface area contributed by atoms with Gasteiger partial charge in [0.25, 0.3) is 0 Å². The van der Waals surface area contributed by atoms with Gasteiger partial charge in [-0.15, -0.1) is 0 Å². The van der Waals surface area contributed by atoms with Crippen molar-refractivity contribution in [3.8, 4) is 0 Å². The first-order chi connectivity index (χ1) is 10.9. The maximum atomic E-state index is 2.39. The minimum Gasteiger partial charge on any atom is -0.330 e. The monoisotopic (exact) mass is 283 g/mol. The predicted molar refractivity (Wildman–Crippen MR) is 93.2 cm³/mol. The Hall–Kier alpha value is -2.80. The van der Waals surface area contributed by atoms with E-state index in [-0.39, 0.29) is 6.04 Å². The Bertz CT molecular complexity index is 751. The fourth-order valence-corrected chi connectivity index (χ4v) is 3.10. The number of hydrogen-bond donors (Lipinski definition) is 0. The van der Waals surface area contributed by atoms with Gasteiger partial charge in [0.15, 0.2) is 0 Å².